The third-order valence-electron chi connectivity index (χ3n) is 3.17. The molecule has 0 heterocycles. The second-order valence-corrected chi connectivity index (χ2v) is 4.89. The second kappa shape index (κ2) is 4.71. The van der Waals surface area contributed by atoms with E-state index < -0.39 is 11.9 Å². The number of nitrogens with two attached hydrogens (primary N) is 1. The molecule has 5 nitrogen and oxygen atoms in total. The van der Waals surface area contributed by atoms with E-state index >= 15 is 0 Å². The Bertz CT molecular complexity index is 813. The van der Waals surface area contributed by atoms with E-state index in [1.807, 2.05) is 0 Å². The van der Waals surface area contributed by atoms with Crippen molar-refractivity contribution in [1.29, 1.82) is 0 Å². The molecule has 1 aliphatic carbocycles. The quantitative estimate of drug-likeness (QED) is 0.748. The maximum absolute atomic E-state index is 12.5. The number of hydrogen-bond acceptors (Lipinski definition) is 4. The normalized spacial score (nSPS) is 12.6. The maximum atomic E-state index is 12.5. The molecule has 2 aromatic carbocycles. The molecular formula is C15H8ClNO4. The molecular weight excluding hydrogens is 294 g/mol. The van der Waals surface area contributed by atoms with E-state index in [4.69, 9.17) is 22.1 Å². The first kappa shape index (κ1) is 13.3. The summed E-state index contributed by atoms with van der Waals surface area (Å²) in [5.74, 6) is -0.872. The summed E-state index contributed by atoms with van der Waals surface area (Å²) in [4.78, 5) is 36.0. The van der Waals surface area contributed by atoms with Crippen LogP contribution in [0.25, 0.3) is 0 Å². The predicted octanol–water partition coefficient (Wildman–Crippen LogP) is 2.57. The third-order valence-corrected chi connectivity index (χ3v) is 3.38. The van der Waals surface area contributed by atoms with Crippen LogP contribution in [0, 0.1) is 0 Å². The van der Waals surface area contributed by atoms with Crippen molar-refractivity contribution >= 4 is 29.3 Å². The Morgan fingerprint density at radius 3 is 2.24 bits per heavy atom. The number of carbonyl (C=O) groups is 3. The van der Waals surface area contributed by atoms with Gasteiger partial charge in [-0.15, -0.1) is 0 Å². The summed E-state index contributed by atoms with van der Waals surface area (Å²) in [5.41, 5.74) is 5.63. The molecule has 0 fully saturated rings. The Hall–Kier alpha value is -2.66. The van der Waals surface area contributed by atoms with Crippen LogP contribution in [-0.2, 0) is 0 Å². The molecule has 0 saturated carbocycles. The van der Waals surface area contributed by atoms with Crippen LogP contribution in [0.15, 0.2) is 36.4 Å². The number of ether oxygens (including phenoxy) is 1. The first-order chi connectivity index (χ1) is 9.99. The van der Waals surface area contributed by atoms with Crippen molar-refractivity contribution in [3.63, 3.8) is 0 Å². The molecule has 6 heteroatoms. The van der Waals surface area contributed by atoms with Crippen LogP contribution >= 0.6 is 11.6 Å². The molecule has 3 rings (SSSR count). The lowest BCUT2D eigenvalue weighted by Gasteiger charge is -2.19. The summed E-state index contributed by atoms with van der Waals surface area (Å²) in [6.07, 6.45) is -1.08. The van der Waals surface area contributed by atoms with E-state index in [-0.39, 0.29) is 33.2 Å². The summed E-state index contributed by atoms with van der Waals surface area (Å²) in [6.45, 7) is 0. The zero-order valence-corrected chi connectivity index (χ0v) is 11.3. The summed E-state index contributed by atoms with van der Waals surface area (Å²) in [7, 11) is 0. The van der Waals surface area contributed by atoms with Crippen LogP contribution < -0.4 is 10.5 Å². The predicted molar refractivity (Wildman–Crippen MR) is 75.0 cm³/mol. The van der Waals surface area contributed by atoms with Gasteiger partial charge in [0, 0.05) is 27.8 Å². The van der Waals surface area contributed by atoms with Gasteiger partial charge in [0.1, 0.15) is 5.75 Å². The number of benzene rings is 2. The van der Waals surface area contributed by atoms with Gasteiger partial charge in [-0.25, -0.2) is 4.79 Å². The minimum Gasteiger partial charge on any atom is -0.410 e. The summed E-state index contributed by atoms with van der Waals surface area (Å²) >= 11 is 5.91. The van der Waals surface area contributed by atoms with Gasteiger partial charge in [0.15, 0.2) is 11.6 Å². The number of hydrogen-bond donors (Lipinski definition) is 1. The highest BCUT2D eigenvalue weighted by Gasteiger charge is 2.33. The van der Waals surface area contributed by atoms with E-state index in [0.29, 0.717) is 5.56 Å². The highest BCUT2D eigenvalue weighted by atomic mass is 35.5. The highest BCUT2D eigenvalue weighted by molar-refractivity contribution is 6.34. The lowest BCUT2D eigenvalue weighted by molar-refractivity contribution is 0.0976. The topological polar surface area (TPSA) is 86.5 Å². The van der Waals surface area contributed by atoms with Crippen molar-refractivity contribution < 1.29 is 19.1 Å². The summed E-state index contributed by atoms with van der Waals surface area (Å²) in [6, 6.07) is 9.08. The Labute approximate surface area is 124 Å². The van der Waals surface area contributed by atoms with Gasteiger partial charge < -0.3 is 10.5 Å². The fourth-order valence-corrected chi connectivity index (χ4v) is 2.55. The zero-order valence-electron chi connectivity index (χ0n) is 10.6. The highest BCUT2D eigenvalue weighted by Crippen LogP contribution is 2.35. The maximum Gasteiger partial charge on any atom is 0.409 e. The van der Waals surface area contributed by atoms with E-state index in [1.165, 1.54) is 12.1 Å². The van der Waals surface area contributed by atoms with Crippen LogP contribution in [0.5, 0.6) is 5.75 Å². The van der Waals surface area contributed by atoms with Gasteiger partial charge in [0.05, 0.1) is 5.56 Å². The molecule has 0 aliphatic heterocycles. The molecule has 2 aromatic rings. The number of ketones is 2. The summed E-state index contributed by atoms with van der Waals surface area (Å²) < 4.78 is 4.81. The summed E-state index contributed by atoms with van der Waals surface area (Å²) in [5, 5.41) is 0.172. The fourth-order valence-electron chi connectivity index (χ4n) is 2.34. The number of fused-ring (bicyclic) bond motifs is 2. The van der Waals surface area contributed by atoms with Crippen molar-refractivity contribution in [2.24, 2.45) is 5.73 Å². The molecule has 0 radical (unpaired) electrons. The van der Waals surface area contributed by atoms with Crippen molar-refractivity contribution in [2.75, 3.05) is 0 Å². The first-order valence-electron chi connectivity index (χ1n) is 5.98. The van der Waals surface area contributed by atoms with Gasteiger partial charge in [0.2, 0.25) is 0 Å². The Morgan fingerprint density at radius 1 is 1.00 bits per heavy atom. The molecule has 104 valence electrons. The van der Waals surface area contributed by atoms with Crippen LogP contribution in [0.4, 0.5) is 4.79 Å². The number of amides is 1. The van der Waals surface area contributed by atoms with Gasteiger partial charge in [-0.3, -0.25) is 9.59 Å². The van der Waals surface area contributed by atoms with Gasteiger partial charge in [-0.2, -0.15) is 0 Å². The molecule has 0 atom stereocenters. The molecule has 0 aromatic heterocycles. The van der Waals surface area contributed by atoms with E-state index in [1.54, 1.807) is 24.3 Å². The first-order valence-corrected chi connectivity index (χ1v) is 6.36. The standard InChI is InChI=1S/C15H8ClNO4/c16-7-5-10-12(11(6-7)21-15(17)20)14(19)9-4-2-1-3-8(9)13(10)18/h1-6H,(H2,17,20). The number of rotatable bonds is 1. The minimum atomic E-state index is -1.08. The molecule has 0 unspecified atom stereocenters. The molecule has 0 bridgehead atoms. The van der Waals surface area contributed by atoms with Crippen LogP contribution in [0.2, 0.25) is 5.02 Å². The van der Waals surface area contributed by atoms with Crippen LogP contribution in [0.1, 0.15) is 31.8 Å². The molecule has 21 heavy (non-hydrogen) atoms. The molecule has 0 spiro atoms. The van der Waals surface area contributed by atoms with Gasteiger partial charge in [0.25, 0.3) is 0 Å². The number of carbonyl (C=O) groups excluding carboxylic acids is 3. The van der Waals surface area contributed by atoms with Crippen LogP contribution in [0.3, 0.4) is 0 Å². The largest absolute Gasteiger partial charge is 0.410 e. The van der Waals surface area contributed by atoms with Gasteiger partial charge in [-0.05, 0) is 6.07 Å². The van der Waals surface area contributed by atoms with Gasteiger partial charge in [-0.1, -0.05) is 35.9 Å². The second-order valence-electron chi connectivity index (χ2n) is 4.45. The lowest BCUT2D eigenvalue weighted by atomic mass is 9.83. The Morgan fingerprint density at radius 2 is 1.62 bits per heavy atom. The van der Waals surface area contributed by atoms with Crippen LogP contribution in [-0.4, -0.2) is 17.7 Å². The average molecular weight is 302 g/mol. The Balaban J connectivity index is 2.29. The third kappa shape index (κ3) is 2.08. The number of primary amides is 1. The van der Waals surface area contributed by atoms with Crippen molar-refractivity contribution in [3.05, 3.63) is 63.7 Å². The SMILES string of the molecule is NC(=O)Oc1cc(Cl)cc2c1C(=O)c1ccccc1C2=O. The van der Waals surface area contributed by atoms with Crippen molar-refractivity contribution in [1.82, 2.24) is 0 Å². The molecule has 2 N–H and O–H groups in total. The van der Waals surface area contributed by atoms with E-state index in [2.05, 4.69) is 0 Å². The van der Waals surface area contributed by atoms with E-state index in [0.717, 1.165) is 0 Å². The monoisotopic (exact) mass is 301 g/mol. The minimum absolute atomic E-state index is 0.00176. The molecule has 0 saturated heterocycles. The lowest BCUT2D eigenvalue weighted by Crippen LogP contribution is -2.24. The Kier molecular flexibility index (Phi) is 2.99. The number of halogens is 1. The molecule has 1 amide bonds. The van der Waals surface area contributed by atoms with E-state index in [9.17, 15) is 14.4 Å². The zero-order chi connectivity index (χ0) is 15.1. The van der Waals surface area contributed by atoms with Crippen molar-refractivity contribution in [3.8, 4) is 5.75 Å². The average Bonchev–Trinajstić information content (AvgIpc) is 2.43. The fraction of sp³-hybridized carbons (Fsp3) is 0. The smallest absolute Gasteiger partial charge is 0.409 e. The molecule has 1 aliphatic rings. The van der Waals surface area contributed by atoms with Crippen molar-refractivity contribution in [2.45, 2.75) is 0 Å². The van der Waals surface area contributed by atoms with Gasteiger partial charge >= 0.3 is 6.09 Å².